The lowest BCUT2D eigenvalue weighted by molar-refractivity contribution is -0.150. The molecule has 2 aromatic carbocycles. The maximum absolute atomic E-state index is 12.7. The molecule has 0 aliphatic carbocycles. The second kappa shape index (κ2) is 8.92. The number of nitrogens with zero attached hydrogens (tertiary/aromatic N) is 1. The summed E-state index contributed by atoms with van der Waals surface area (Å²) in [6.45, 7) is 4.23. The average Bonchev–Trinajstić information content (AvgIpc) is 3.08. The first kappa shape index (κ1) is 19.2. The van der Waals surface area contributed by atoms with E-state index in [9.17, 15) is 4.79 Å². The third kappa shape index (κ3) is 5.24. The lowest BCUT2D eigenvalue weighted by Crippen LogP contribution is -2.21. The van der Waals surface area contributed by atoms with E-state index in [2.05, 4.69) is 18.2 Å². The van der Waals surface area contributed by atoms with Gasteiger partial charge in [0.2, 0.25) is 0 Å². The molecule has 140 valence electrons. The number of aromatic nitrogens is 1. The molecule has 0 bridgehead atoms. The number of hydrogen-bond donors (Lipinski definition) is 0. The molecule has 1 unspecified atom stereocenters. The SMILES string of the molecule is CC(C)C(C(=O)OCn1ccc(Cc2ccccc2)c1)c1cccc(Cl)c1. The third-order valence-electron chi connectivity index (χ3n) is 4.55. The minimum absolute atomic E-state index is 0.120. The van der Waals surface area contributed by atoms with Crippen LogP contribution in [0.5, 0.6) is 0 Å². The van der Waals surface area contributed by atoms with Crippen LogP contribution in [0.2, 0.25) is 5.02 Å². The summed E-state index contributed by atoms with van der Waals surface area (Å²) in [5.41, 5.74) is 3.33. The molecule has 0 amide bonds. The monoisotopic (exact) mass is 381 g/mol. The quantitative estimate of drug-likeness (QED) is 0.493. The molecule has 1 atom stereocenters. The number of hydrogen-bond acceptors (Lipinski definition) is 2. The van der Waals surface area contributed by atoms with E-state index in [1.165, 1.54) is 11.1 Å². The Morgan fingerprint density at radius 2 is 1.81 bits per heavy atom. The largest absolute Gasteiger partial charge is 0.443 e. The Labute approximate surface area is 165 Å². The van der Waals surface area contributed by atoms with E-state index in [4.69, 9.17) is 16.3 Å². The van der Waals surface area contributed by atoms with Crippen LogP contribution in [-0.4, -0.2) is 10.5 Å². The lowest BCUT2D eigenvalue weighted by atomic mass is 9.88. The first-order valence-corrected chi connectivity index (χ1v) is 9.51. The predicted octanol–water partition coefficient (Wildman–Crippen LogP) is 5.67. The number of rotatable bonds is 7. The fourth-order valence-electron chi connectivity index (χ4n) is 3.23. The fraction of sp³-hybridized carbons (Fsp3) is 0.261. The van der Waals surface area contributed by atoms with Crippen LogP contribution in [-0.2, 0) is 22.7 Å². The maximum atomic E-state index is 12.7. The second-order valence-corrected chi connectivity index (χ2v) is 7.50. The van der Waals surface area contributed by atoms with Crippen LogP contribution in [0.25, 0.3) is 0 Å². The molecule has 3 aromatic rings. The van der Waals surface area contributed by atoms with Crippen molar-refractivity contribution in [2.45, 2.75) is 32.9 Å². The molecule has 0 saturated heterocycles. The smallest absolute Gasteiger partial charge is 0.315 e. The molecular weight excluding hydrogens is 358 g/mol. The van der Waals surface area contributed by atoms with Crippen LogP contribution in [0.15, 0.2) is 73.1 Å². The molecule has 0 N–H and O–H groups in total. The van der Waals surface area contributed by atoms with E-state index in [1.807, 2.05) is 73.3 Å². The van der Waals surface area contributed by atoms with Crippen molar-refractivity contribution in [2.75, 3.05) is 0 Å². The first-order valence-electron chi connectivity index (χ1n) is 9.13. The highest BCUT2D eigenvalue weighted by atomic mass is 35.5. The molecule has 0 fully saturated rings. The summed E-state index contributed by atoms with van der Waals surface area (Å²) < 4.78 is 7.48. The molecule has 4 heteroatoms. The molecule has 1 aromatic heterocycles. The summed E-state index contributed by atoms with van der Waals surface area (Å²) in [5, 5.41) is 0.627. The summed E-state index contributed by atoms with van der Waals surface area (Å²) in [7, 11) is 0. The third-order valence-corrected chi connectivity index (χ3v) is 4.78. The number of esters is 1. The van der Waals surface area contributed by atoms with Gasteiger partial charge in [-0.3, -0.25) is 4.79 Å². The molecule has 3 rings (SSSR count). The zero-order valence-electron chi connectivity index (χ0n) is 15.6. The van der Waals surface area contributed by atoms with E-state index >= 15 is 0 Å². The Bertz CT molecular complexity index is 886. The molecule has 1 heterocycles. The van der Waals surface area contributed by atoms with Crippen LogP contribution < -0.4 is 0 Å². The minimum Gasteiger partial charge on any atom is -0.443 e. The van der Waals surface area contributed by atoms with Crippen LogP contribution in [0, 0.1) is 5.92 Å². The Kier molecular flexibility index (Phi) is 6.36. The van der Waals surface area contributed by atoms with E-state index in [0.717, 1.165) is 12.0 Å². The van der Waals surface area contributed by atoms with Crippen molar-refractivity contribution in [1.82, 2.24) is 4.57 Å². The van der Waals surface area contributed by atoms with Crippen LogP contribution in [0.1, 0.15) is 36.5 Å². The van der Waals surface area contributed by atoms with Gasteiger partial charge < -0.3 is 9.30 Å². The zero-order valence-corrected chi connectivity index (χ0v) is 16.4. The normalized spacial score (nSPS) is 12.1. The standard InChI is InChI=1S/C23H24ClNO2/c1-17(2)22(20-9-6-10-21(24)14-20)23(26)27-16-25-12-11-19(15-25)13-18-7-4-3-5-8-18/h3-12,14-15,17,22H,13,16H2,1-2H3. The highest BCUT2D eigenvalue weighted by Crippen LogP contribution is 2.28. The topological polar surface area (TPSA) is 31.2 Å². The van der Waals surface area contributed by atoms with Gasteiger partial charge in [0.1, 0.15) is 0 Å². The van der Waals surface area contributed by atoms with Crippen LogP contribution >= 0.6 is 11.6 Å². The lowest BCUT2D eigenvalue weighted by Gasteiger charge is -2.20. The number of halogens is 1. The first-order chi connectivity index (χ1) is 13.0. The molecule has 0 spiro atoms. The van der Waals surface area contributed by atoms with Gasteiger partial charge in [0.15, 0.2) is 6.73 Å². The summed E-state index contributed by atoms with van der Waals surface area (Å²) in [6, 6.07) is 19.8. The van der Waals surface area contributed by atoms with E-state index in [-0.39, 0.29) is 24.5 Å². The molecule has 27 heavy (non-hydrogen) atoms. The summed E-state index contributed by atoms with van der Waals surface area (Å²) >= 11 is 6.08. The second-order valence-electron chi connectivity index (χ2n) is 7.07. The van der Waals surface area contributed by atoms with Crippen molar-refractivity contribution in [3.8, 4) is 0 Å². The summed E-state index contributed by atoms with van der Waals surface area (Å²) in [6.07, 6.45) is 4.82. The number of carbonyl (C=O) groups is 1. The van der Waals surface area contributed by atoms with Crippen molar-refractivity contribution in [1.29, 1.82) is 0 Å². The van der Waals surface area contributed by atoms with Gasteiger partial charge in [-0.25, -0.2) is 0 Å². The molecule has 0 saturated carbocycles. The highest BCUT2D eigenvalue weighted by Gasteiger charge is 2.26. The predicted molar refractivity (Wildman–Crippen MR) is 109 cm³/mol. The summed E-state index contributed by atoms with van der Waals surface area (Å²) in [5.74, 6) is -0.442. The molecule has 0 aliphatic heterocycles. The molecule has 0 aliphatic rings. The van der Waals surface area contributed by atoms with Crippen molar-refractivity contribution in [3.05, 3.63) is 94.8 Å². The van der Waals surface area contributed by atoms with E-state index < -0.39 is 0 Å². The minimum atomic E-state index is -0.331. The Morgan fingerprint density at radius 1 is 1.04 bits per heavy atom. The van der Waals surface area contributed by atoms with E-state index in [0.29, 0.717) is 5.02 Å². The Balaban J connectivity index is 1.62. The van der Waals surface area contributed by atoms with Gasteiger partial charge >= 0.3 is 5.97 Å². The Hall–Kier alpha value is -2.52. The van der Waals surface area contributed by atoms with Crippen molar-refractivity contribution < 1.29 is 9.53 Å². The van der Waals surface area contributed by atoms with E-state index in [1.54, 1.807) is 0 Å². The van der Waals surface area contributed by atoms with Gasteiger partial charge in [-0.05, 0) is 47.2 Å². The Morgan fingerprint density at radius 3 is 2.52 bits per heavy atom. The number of carbonyl (C=O) groups excluding carboxylic acids is 1. The van der Waals surface area contributed by atoms with Gasteiger partial charge in [-0.15, -0.1) is 0 Å². The van der Waals surface area contributed by atoms with Crippen molar-refractivity contribution in [3.63, 3.8) is 0 Å². The van der Waals surface area contributed by atoms with Crippen molar-refractivity contribution >= 4 is 17.6 Å². The maximum Gasteiger partial charge on any atom is 0.315 e. The van der Waals surface area contributed by atoms with Crippen molar-refractivity contribution in [2.24, 2.45) is 5.92 Å². The number of benzene rings is 2. The van der Waals surface area contributed by atoms with Crippen LogP contribution in [0.4, 0.5) is 0 Å². The molecule has 0 radical (unpaired) electrons. The average molecular weight is 382 g/mol. The highest BCUT2D eigenvalue weighted by molar-refractivity contribution is 6.30. The zero-order chi connectivity index (χ0) is 19.2. The fourth-order valence-corrected chi connectivity index (χ4v) is 3.43. The van der Waals surface area contributed by atoms with Gasteiger partial charge in [0.25, 0.3) is 0 Å². The van der Waals surface area contributed by atoms with Gasteiger partial charge in [0, 0.05) is 17.4 Å². The van der Waals surface area contributed by atoms with Crippen LogP contribution in [0.3, 0.4) is 0 Å². The summed E-state index contributed by atoms with van der Waals surface area (Å²) in [4.78, 5) is 12.7. The molecule has 3 nitrogen and oxygen atoms in total. The number of ether oxygens (including phenoxy) is 1. The van der Waals surface area contributed by atoms with Gasteiger partial charge in [-0.2, -0.15) is 0 Å². The van der Waals surface area contributed by atoms with Gasteiger partial charge in [-0.1, -0.05) is 67.9 Å². The van der Waals surface area contributed by atoms with Gasteiger partial charge in [0.05, 0.1) is 5.92 Å². The molecular formula is C23H24ClNO2.